The molecule has 0 bridgehead atoms. The number of H-pyrrole nitrogens is 1. The second kappa shape index (κ2) is 6.33. The Balaban J connectivity index is 1.98. The molecule has 0 atom stereocenters. The summed E-state index contributed by atoms with van der Waals surface area (Å²) < 4.78 is 37.7. The van der Waals surface area contributed by atoms with E-state index in [4.69, 9.17) is 0 Å². The van der Waals surface area contributed by atoms with Crippen molar-refractivity contribution in [2.24, 2.45) is 0 Å². The van der Waals surface area contributed by atoms with E-state index in [-0.39, 0.29) is 17.7 Å². The summed E-state index contributed by atoms with van der Waals surface area (Å²) >= 11 is 0. The van der Waals surface area contributed by atoms with Crippen LogP contribution in [-0.4, -0.2) is 11.0 Å². The van der Waals surface area contributed by atoms with Crippen LogP contribution in [0.1, 0.15) is 11.1 Å². The molecule has 2 rings (SSSR count). The molecule has 3 N–H and O–H groups in total. The average Bonchev–Trinajstić information content (AvgIpc) is 2.46. The number of hydrogen-bond donors (Lipinski definition) is 3. The molecule has 0 saturated heterocycles. The third kappa shape index (κ3) is 4.11. The highest BCUT2D eigenvalue weighted by molar-refractivity contribution is 5.89. The van der Waals surface area contributed by atoms with E-state index in [0.29, 0.717) is 5.56 Å². The van der Waals surface area contributed by atoms with Crippen LogP contribution in [0.2, 0.25) is 0 Å². The predicted octanol–water partition coefficient (Wildman–Crippen LogP) is 2.72. The van der Waals surface area contributed by atoms with Crippen LogP contribution in [0.3, 0.4) is 0 Å². The number of alkyl halides is 3. The molecule has 1 heterocycles. The lowest BCUT2D eigenvalue weighted by molar-refractivity contribution is -0.137. The molecule has 2 aromatic rings. The molecule has 0 unspecified atom stereocenters. The summed E-state index contributed by atoms with van der Waals surface area (Å²) in [4.78, 5) is 25.8. The highest BCUT2D eigenvalue weighted by atomic mass is 19.4. The molecular weight excluding hydrogens is 299 g/mol. The zero-order valence-electron chi connectivity index (χ0n) is 11.2. The molecule has 0 aliphatic heterocycles. The average molecular weight is 311 g/mol. The van der Waals surface area contributed by atoms with Gasteiger partial charge >= 0.3 is 12.2 Å². The number of carbonyl (C=O) groups is 1. The maximum Gasteiger partial charge on any atom is 0.416 e. The third-order valence-corrected chi connectivity index (χ3v) is 2.79. The topological polar surface area (TPSA) is 74.0 Å². The quantitative estimate of drug-likeness (QED) is 0.815. The number of carbonyl (C=O) groups excluding carboxylic acids is 1. The molecule has 1 aromatic carbocycles. The Morgan fingerprint density at radius 2 is 2.00 bits per heavy atom. The van der Waals surface area contributed by atoms with Crippen molar-refractivity contribution in [2.45, 2.75) is 12.7 Å². The number of benzene rings is 1. The summed E-state index contributed by atoms with van der Waals surface area (Å²) in [6.07, 6.45) is -1.59. The molecule has 1 aromatic heterocycles. The van der Waals surface area contributed by atoms with Crippen molar-refractivity contribution in [2.75, 3.05) is 5.32 Å². The Morgan fingerprint density at radius 3 is 2.68 bits per heavy atom. The van der Waals surface area contributed by atoms with Gasteiger partial charge < -0.3 is 15.6 Å². The zero-order valence-corrected chi connectivity index (χ0v) is 11.2. The number of urea groups is 1. The monoisotopic (exact) mass is 311 g/mol. The first-order chi connectivity index (χ1) is 10.4. The number of anilines is 1. The Kier molecular flexibility index (Phi) is 4.50. The summed E-state index contributed by atoms with van der Waals surface area (Å²) in [5.41, 5.74) is -0.765. The lowest BCUT2D eigenvalue weighted by Crippen LogP contribution is -2.30. The number of amides is 2. The van der Waals surface area contributed by atoms with Crippen molar-refractivity contribution in [3.05, 3.63) is 64.1 Å². The second-order valence-electron chi connectivity index (χ2n) is 4.42. The molecule has 8 heteroatoms. The van der Waals surface area contributed by atoms with Crippen molar-refractivity contribution in [3.63, 3.8) is 0 Å². The van der Waals surface area contributed by atoms with Gasteiger partial charge in [0, 0.05) is 36.3 Å². The van der Waals surface area contributed by atoms with Gasteiger partial charge in [0.05, 0.1) is 5.56 Å². The van der Waals surface area contributed by atoms with E-state index in [2.05, 4.69) is 15.6 Å². The minimum absolute atomic E-state index is 0.00861. The first-order valence-electron chi connectivity index (χ1n) is 6.24. The molecule has 116 valence electrons. The number of pyridine rings is 1. The van der Waals surface area contributed by atoms with Gasteiger partial charge in [0.2, 0.25) is 0 Å². The van der Waals surface area contributed by atoms with Gasteiger partial charge in [-0.3, -0.25) is 4.79 Å². The van der Waals surface area contributed by atoms with Crippen molar-refractivity contribution < 1.29 is 18.0 Å². The summed E-state index contributed by atoms with van der Waals surface area (Å²) in [7, 11) is 0. The summed E-state index contributed by atoms with van der Waals surface area (Å²) in [5, 5.41) is 4.68. The number of nitrogens with one attached hydrogen (secondary N) is 3. The van der Waals surface area contributed by atoms with E-state index < -0.39 is 17.8 Å². The first-order valence-corrected chi connectivity index (χ1v) is 6.24. The maximum absolute atomic E-state index is 12.6. The predicted molar refractivity (Wildman–Crippen MR) is 74.4 cm³/mol. The largest absolute Gasteiger partial charge is 0.416 e. The van der Waals surface area contributed by atoms with E-state index in [1.54, 1.807) is 0 Å². The van der Waals surface area contributed by atoms with Gasteiger partial charge in [-0.15, -0.1) is 0 Å². The normalized spacial score (nSPS) is 11.0. The Hall–Kier alpha value is -2.77. The lowest BCUT2D eigenvalue weighted by atomic mass is 10.2. The fourth-order valence-electron chi connectivity index (χ4n) is 1.71. The molecule has 0 radical (unpaired) electrons. The third-order valence-electron chi connectivity index (χ3n) is 2.79. The van der Waals surface area contributed by atoms with Gasteiger partial charge in [-0.1, -0.05) is 6.07 Å². The van der Waals surface area contributed by atoms with Gasteiger partial charge in [0.1, 0.15) is 0 Å². The van der Waals surface area contributed by atoms with Crippen molar-refractivity contribution in [1.29, 1.82) is 0 Å². The van der Waals surface area contributed by atoms with Crippen molar-refractivity contribution in [3.8, 4) is 0 Å². The molecule has 22 heavy (non-hydrogen) atoms. The second-order valence-corrected chi connectivity index (χ2v) is 4.42. The van der Waals surface area contributed by atoms with Crippen LogP contribution < -0.4 is 16.1 Å². The molecule has 0 spiro atoms. The van der Waals surface area contributed by atoms with Crippen molar-refractivity contribution in [1.82, 2.24) is 10.3 Å². The minimum atomic E-state index is -4.48. The minimum Gasteiger partial charge on any atom is -0.367 e. The Bertz CT molecular complexity index is 726. The summed E-state index contributed by atoms with van der Waals surface area (Å²) in [5.74, 6) is 0. The van der Waals surface area contributed by atoms with Crippen LogP contribution in [0.5, 0.6) is 0 Å². The van der Waals surface area contributed by atoms with Crippen LogP contribution in [0, 0.1) is 0 Å². The van der Waals surface area contributed by atoms with E-state index in [1.807, 2.05) is 0 Å². The van der Waals surface area contributed by atoms with Gasteiger partial charge in [-0.05, 0) is 18.2 Å². The SMILES string of the molecule is O=C(NCc1c[nH]ccc1=O)Nc1cccc(C(F)(F)F)c1. The van der Waals surface area contributed by atoms with Crippen LogP contribution in [0.15, 0.2) is 47.5 Å². The van der Waals surface area contributed by atoms with Crippen molar-refractivity contribution >= 4 is 11.7 Å². The number of aromatic nitrogens is 1. The van der Waals surface area contributed by atoms with E-state index >= 15 is 0 Å². The molecule has 0 fully saturated rings. The van der Waals surface area contributed by atoms with E-state index in [1.165, 1.54) is 30.6 Å². The fraction of sp³-hybridized carbons (Fsp3) is 0.143. The maximum atomic E-state index is 12.6. The summed E-state index contributed by atoms with van der Waals surface area (Å²) in [6, 6.07) is 4.87. The van der Waals surface area contributed by atoms with Crippen LogP contribution in [0.4, 0.5) is 23.7 Å². The summed E-state index contributed by atoms with van der Waals surface area (Å²) in [6.45, 7) is -0.0407. The number of halogens is 3. The van der Waals surface area contributed by atoms with E-state index in [9.17, 15) is 22.8 Å². The smallest absolute Gasteiger partial charge is 0.367 e. The van der Waals surface area contributed by atoms with Crippen LogP contribution in [-0.2, 0) is 12.7 Å². The van der Waals surface area contributed by atoms with Gasteiger partial charge in [-0.2, -0.15) is 13.2 Å². The molecule has 0 aliphatic carbocycles. The highest BCUT2D eigenvalue weighted by Crippen LogP contribution is 2.30. The Labute approximate surface area is 123 Å². The van der Waals surface area contributed by atoms with Crippen LogP contribution in [0.25, 0.3) is 0 Å². The lowest BCUT2D eigenvalue weighted by Gasteiger charge is -2.10. The van der Waals surface area contributed by atoms with Gasteiger partial charge in [0.15, 0.2) is 5.43 Å². The Morgan fingerprint density at radius 1 is 1.23 bits per heavy atom. The molecular formula is C14H12F3N3O2. The zero-order chi connectivity index (χ0) is 16.2. The first kappa shape index (κ1) is 15.6. The number of rotatable bonds is 3. The van der Waals surface area contributed by atoms with Crippen LogP contribution >= 0.6 is 0 Å². The molecule has 0 aliphatic rings. The van der Waals surface area contributed by atoms with E-state index in [0.717, 1.165) is 12.1 Å². The van der Waals surface area contributed by atoms with Gasteiger partial charge in [-0.25, -0.2) is 4.79 Å². The molecule has 2 amide bonds. The highest BCUT2D eigenvalue weighted by Gasteiger charge is 2.30. The standard InChI is InChI=1S/C14H12F3N3O2/c15-14(16,17)10-2-1-3-11(6-10)20-13(22)19-8-9-7-18-5-4-12(9)21/h1-7H,8H2,(H,18,21)(H2,19,20,22). The number of aromatic amines is 1. The fourth-order valence-corrected chi connectivity index (χ4v) is 1.71. The van der Waals surface area contributed by atoms with Gasteiger partial charge in [0.25, 0.3) is 0 Å². The molecule has 5 nitrogen and oxygen atoms in total. The number of hydrogen-bond acceptors (Lipinski definition) is 2. The molecule has 0 saturated carbocycles.